The maximum Gasteiger partial charge on any atom is 0.131 e. The van der Waals surface area contributed by atoms with E-state index in [-0.39, 0.29) is 0 Å². The molecular formula is C12H7Cl3N4S. The van der Waals surface area contributed by atoms with Gasteiger partial charge in [-0.1, -0.05) is 34.8 Å². The molecule has 0 saturated carbocycles. The van der Waals surface area contributed by atoms with Gasteiger partial charge in [-0.2, -0.15) is 8.75 Å². The zero-order valence-corrected chi connectivity index (χ0v) is 12.9. The highest BCUT2D eigenvalue weighted by atomic mass is 35.5. The molecule has 4 nitrogen and oxygen atoms in total. The Kier molecular flexibility index (Phi) is 3.60. The quantitative estimate of drug-likeness (QED) is 0.643. The van der Waals surface area contributed by atoms with Gasteiger partial charge in [0.2, 0.25) is 0 Å². The third kappa shape index (κ3) is 2.38. The summed E-state index contributed by atoms with van der Waals surface area (Å²) in [6, 6.07) is 6.79. The summed E-state index contributed by atoms with van der Waals surface area (Å²) in [5.74, 6) is 0. The number of nitrogens with one attached hydrogen (secondary N) is 1. The first-order chi connectivity index (χ1) is 9.56. The molecule has 3 aromatic rings. The molecule has 0 aliphatic carbocycles. The summed E-state index contributed by atoms with van der Waals surface area (Å²) in [6.45, 7) is 0. The van der Waals surface area contributed by atoms with Crippen molar-refractivity contribution in [3.05, 3.63) is 39.3 Å². The third-order valence-electron chi connectivity index (χ3n) is 2.72. The molecule has 102 valence electrons. The van der Waals surface area contributed by atoms with E-state index in [2.05, 4.69) is 14.1 Å². The number of hydrogen-bond donors (Lipinski definition) is 2. The topological polar surface area (TPSA) is 63.8 Å². The fraction of sp³-hybridized carbons (Fsp3) is 0. The van der Waals surface area contributed by atoms with Gasteiger partial charge in [-0.25, -0.2) is 0 Å². The van der Waals surface area contributed by atoms with Crippen molar-refractivity contribution in [2.24, 2.45) is 0 Å². The van der Waals surface area contributed by atoms with Gasteiger partial charge in [-0.3, -0.25) is 0 Å². The number of rotatable bonds is 2. The van der Waals surface area contributed by atoms with Crippen molar-refractivity contribution < 1.29 is 0 Å². The standard InChI is InChI=1S/C12H7Cl3N4S/c13-5-1-2-9(8(16)3-5)17-10-6(14)4-7(15)11-12(10)19-20-18-11/h1-4,17H,16H2. The molecular weight excluding hydrogens is 339 g/mol. The predicted molar refractivity (Wildman–Crippen MR) is 86.6 cm³/mol. The van der Waals surface area contributed by atoms with Crippen LogP contribution in [0.3, 0.4) is 0 Å². The van der Waals surface area contributed by atoms with E-state index in [4.69, 9.17) is 40.5 Å². The van der Waals surface area contributed by atoms with E-state index in [0.29, 0.717) is 43.2 Å². The highest BCUT2D eigenvalue weighted by Crippen LogP contribution is 2.38. The van der Waals surface area contributed by atoms with Crippen LogP contribution in [0, 0.1) is 0 Å². The summed E-state index contributed by atoms with van der Waals surface area (Å²) in [5, 5.41) is 4.63. The molecule has 2 aromatic carbocycles. The fourth-order valence-corrected chi connectivity index (χ4v) is 3.12. The van der Waals surface area contributed by atoms with Crippen molar-refractivity contribution in [1.29, 1.82) is 0 Å². The van der Waals surface area contributed by atoms with Gasteiger partial charge in [-0.05, 0) is 24.3 Å². The molecule has 0 unspecified atom stereocenters. The second-order valence-corrected chi connectivity index (χ2v) is 5.81. The Morgan fingerprint density at radius 1 is 1.00 bits per heavy atom. The lowest BCUT2D eigenvalue weighted by Crippen LogP contribution is -1.97. The van der Waals surface area contributed by atoms with E-state index in [9.17, 15) is 0 Å². The van der Waals surface area contributed by atoms with Crippen molar-refractivity contribution in [3.8, 4) is 0 Å². The minimum absolute atomic E-state index is 0.449. The maximum atomic E-state index is 6.22. The van der Waals surface area contributed by atoms with Crippen molar-refractivity contribution in [2.75, 3.05) is 11.1 Å². The van der Waals surface area contributed by atoms with Crippen LogP contribution in [0.25, 0.3) is 11.0 Å². The highest BCUT2D eigenvalue weighted by Gasteiger charge is 2.15. The number of aromatic nitrogens is 2. The average Bonchev–Trinajstić information content (AvgIpc) is 2.86. The van der Waals surface area contributed by atoms with Crippen LogP contribution in [-0.2, 0) is 0 Å². The molecule has 1 aromatic heterocycles. The van der Waals surface area contributed by atoms with E-state index in [1.165, 1.54) is 0 Å². The molecule has 0 spiro atoms. The van der Waals surface area contributed by atoms with Crippen LogP contribution in [-0.4, -0.2) is 8.75 Å². The SMILES string of the molecule is Nc1cc(Cl)ccc1Nc1c(Cl)cc(Cl)c2nsnc12. The van der Waals surface area contributed by atoms with E-state index in [1.54, 1.807) is 24.3 Å². The second kappa shape index (κ2) is 5.26. The van der Waals surface area contributed by atoms with E-state index in [0.717, 1.165) is 11.7 Å². The number of halogens is 3. The Labute approximate surface area is 133 Å². The zero-order chi connectivity index (χ0) is 14.3. The number of hydrogen-bond acceptors (Lipinski definition) is 5. The van der Waals surface area contributed by atoms with Gasteiger partial charge in [0.25, 0.3) is 0 Å². The molecule has 20 heavy (non-hydrogen) atoms. The Morgan fingerprint density at radius 2 is 1.75 bits per heavy atom. The monoisotopic (exact) mass is 344 g/mol. The van der Waals surface area contributed by atoms with Crippen LogP contribution >= 0.6 is 46.5 Å². The van der Waals surface area contributed by atoms with Crippen molar-refractivity contribution >= 4 is 74.6 Å². The molecule has 8 heteroatoms. The van der Waals surface area contributed by atoms with Crippen LogP contribution in [0.5, 0.6) is 0 Å². The van der Waals surface area contributed by atoms with Gasteiger partial charge >= 0.3 is 0 Å². The lowest BCUT2D eigenvalue weighted by molar-refractivity contribution is 1.54. The summed E-state index contributed by atoms with van der Waals surface area (Å²) >= 11 is 19.3. The van der Waals surface area contributed by atoms with Gasteiger partial charge in [0, 0.05) is 5.02 Å². The van der Waals surface area contributed by atoms with Crippen molar-refractivity contribution in [1.82, 2.24) is 8.75 Å². The zero-order valence-electron chi connectivity index (χ0n) is 9.82. The third-order valence-corrected chi connectivity index (χ3v) is 4.07. The molecule has 0 fully saturated rings. The molecule has 3 N–H and O–H groups in total. The minimum atomic E-state index is 0.449. The summed E-state index contributed by atoms with van der Waals surface area (Å²) in [7, 11) is 0. The molecule has 0 atom stereocenters. The molecule has 0 radical (unpaired) electrons. The number of anilines is 3. The number of fused-ring (bicyclic) bond motifs is 1. The van der Waals surface area contributed by atoms with Crippen LogP contribution in [0.4, 0.5) is 17.1 Å². The normalized spacial score (nSPS) is 10.9. The minimum Gasteiger partial charge on any atom is -0.397 e. The first-order valence-corrected chi connectivity index (χ1v) is 7.35. The molecule has 0 bridgehead atoms. The molecule has 0 aliphatic heterocycles. The Bertz CT molecular complexity index is 803. The van der Waals surface area contributed by atoms with Crippen molar-refractivity contribution in [3.63, 3.8) is 0 Å². The number of nitrogen functional groups attached to an aromatic ring is 1. The molecule has 3 rings (SSSR count). The van der Waals surface area contributed by atoms with Crippen LogP contribution in [0.1, 0.15) is 0 Å². The summed E-state index contributed by atoms with van der Waals surface area (Å²) in [6.07, 6.45) is 0. The molecule has 0 amide bonds. The molecule has 0 saturated heterocycles. The molecule has 0 aliphatic rings. The summed E-state index contributed by atoms with van der Waals surface area (Å²) in [4.78, 5) is 0. The van der Waals surface area contributed by atoms with Gasteiger partial charge in [0.1, 0.15) is 11.0 Å². The lowest BCUT2D eigenvalue weighted by atomic mass is 10.2. The lowest BCUT2D eigenvalue weighted by Gasteiger charge is -2.12. The Balaban J connectivity index is 2.13. The number of benzene rings is 2. The van der Waals surface area contributed by atoms with Gasteiger partial charge in [0.15, 0.2) is 0 Å². The van der Waals surface area contributed by atoms with E-state index in [1.807, 2.05) is 0 Å². The summed E-state index contributed by atoms with van der Waals surface area (Å²) < 4.78 is 8.36. The van der Waals surface area contributed by atoms with E-state index < -0.39 is 0 Å². The maximum absolute atomic E-state index is 6.22. The van der Waals surface area contributed by atoms with Gasteiger partial charge in [-0.15, -0.1) is 0 Å². The Morgan fingerprint density at radius 3 is 2.50 bits per heavy atom. The van der Waals surface area contributed by atoms with Crippen LogP contribution in [0.2, 0.25) is 15.1 Å². The largest absolute Gasteiger partial charge is 0.397 e. The first-order valence-electron chi connectivity index (χ1n) is 5.48. The van der Waals surface area contributed by atoms with Crippen molar-refractivity contribution in [2.45, 2.75) is 0 Å². The predicted octanol–water partition coefficient (Wildman–Crippen LogP) is 4.98. The second-order valence-electron chi connectivity index (χ2n) is 4.03. The molecule has 1 heterocycles. The van der Waals surface area contributed by atoms with E-state index >= 15 is 0 Å². The number of nitrogens with two attached hydrogens (primary N) is 1. The van der Waals surface area contributed by atoms with Crippen LogP contribution < -0.4 is 11.1 Å². The Hall–Kier alpha value is -1.27. The first kappa shape index (κ1) is 13.7. The average molecular weight is 346 g/mol. The smallest absolute Gasteiger partial charge is 0.131 e. The summed E-state index contributed by atoms with van der Waals surface area (Å²) in [5.41, 5.74) is 8.96. The highest BCUT2D eigenvalue weighted by molar-refractivity contribution is 7.00. The number of nitrogens with zero attached hydrogens (tertiary/aromatic N) is 2. The van der Waals surface area contributed by atoms with Gasteiger partial charge < -0.3 is 11.1 Å². The van der Waals surface area contributed by atoms with Crippen LogP contribution in [0.15, 0.2) is 24.3 Å². The fourth-order valence-electron chi connectivity index (χ4n) is 1.78. The van der Waals surface area contributed by atoms with Gasteiger partial charge in [0.05, 0.1) is 38.8 Å².